The van der Waals surface area contributed by atoms with E-state index in [9.17, 15) is 9.59 Å². The zero-order valence-electron chi connectivity index (χ0n) is 22.6. The molecule has 1 aliphatic heterocycles. The Bertz CT molecular complexity index is 1450. The van der Waals surface area contributed by atoms with Crippen LogP contribution in [0.15, 0.2) is 73.8 Å². The number of rotatable bonds is 8. The third-order valence-corrected chi connectivity index (χ3v) is 8.02. The first-order valence-electron chi connectivity index (χ1n) is 13.1. The van der Waals surface area contributed by atoms with Crippen LogP contribution < -0.4 is 10.6 Å². The van der Waals surface area contributed by atoms with Crippen LogP contribution in [0.5, 0.6) is 0 Å². The second kappa shape index (κ2) is 9.35. The average Bonchev–Trinajstić information content (AvgIpc) is 3.47. The molecule has 38 heavy (non-hydrogen) atoms. The first-order chi connectivity index (χ1) is 18.1. The Morgan fingerprint density at radius 3 is 1.42 bits per heavy atom. The molecule has 2 aromatic carbocycles. The van der Waals surface area contributed by atoms with Gasteiger partial charge in [-0.3, -0.25) is 9.59 Å². The average molecular weight is 509 g/mol. The van der Waals surface area contributed by atoms with Crippen LogP contribution >= 0.6 is 0 Å². The van der Waals surface area contributed by atoms with E-state index in [0.717, 1.165) is 44.3 Å². The van der Waals surface area contributed by atoms with Crippen LogP contribution in [0.4, 0.5) is 0 Å². The van der Waals surface area contributed by atoms with Crippen LogP contribution in [0.25, 0.3) is 21.8 Å². The number of H-pyrrole nitrogens is 2. The van der Waals surface area contributed by atoms with Crippen molar-refractivity contribution in [2.75, 3.05) is 0 Å². The van der Waals surface area contributed by atoms with Gasteiger partial charge in [-0.05, 0) is 23.3 Å². The van der Waals surface area contributed by atoms with Crippen molar-refractivity contribution in [3.05, 3.63) is 96.4 Å². The van der Waals surface area contributed by atoms with E-state index in [2.05, 4.69) is 73.6 Å². The number of hydrogen-bond donors (Lipinski definition) is 4. The number of carbonyl (C=O) groups is 2. The second-order valence-electron chi connectivity index (χ2n) is 11.4. The van der Waals surface area contributed by atoms with Gasteiger partial charge in [-0.1, -0.05) is 76.2 Å². The molecule has 2 atom stereocenters. The summed E-state index contributed by atoms with van der Waals surface area (Å²) in [5.41, 5.74) is 5.42. The van der Waals surface area contributed by atoms with Crippen molar-refractivity contribution in [3.63, 3.8) is 0 Å². The normalized spacial score (nSPS) is 18.4. The summed E-state index contributed by atoms with van der Waals surface area (Å²) in [6.45, 7) is 16.4. The van der Waals surface area contributed by atoms with Gasteiger partial charge in [0.15, 0.2) is 0 Å². The summed E-state index contributed by atoms with van der Waals surface area (Å²) in [6, 6.07) is 14.8. The molecule has 4 aromatic rings. The van der Waals surface area contributed by atoms with Gasteiger partial charge < -0.3 is 20.6 Å². The molecule has 196 valence electrons. The van der Waals surface area contributed by atoms with Crippen LogP contribution in [-0.2, 0) is 33.3 Å². The summed E-state index contributed by atoms with van der Waals surface area (Å²) in [5, 5.41) is 8.16. The lowest BCUT2D eigenvalue weighted by Gasteiger charge is -2.31. The van der Waals surface area contributed by atoms with Gasteiger partial charge in [0.1, 0.15) is 12.1 Å². The van der Waals surface area contributed by atoms with E-state index < -0.39 is 12.1 Å². The molecule has 0 radical (unpaired) electrons. The van der Waals surface area contributed by atoms with Crippen LogP contribution in [-0.4, -0.2) is 33.9 Å². The van der Waals surface area contributed by atoms with Crippen molar-refractivity contribution < 1.29 is 9.59 Å². The fourth-order valence-electron chi connectivity index (χ4n) is 5.50. The smallest absolute Gasteiger partial charge is 0.243 e. The Kier molecular flexibility index (Phi) is 6.30. The highest BCUT2D eigenvalue weighted by Gasteiger charge is 2.37. The summed E-state index contributed by atoms with van der Waals surface area (Å²) in [5.74, 6) is -0.349. The van der Waals surface area contributed by atoms with Gasteiger partial charge in [-0.2, -0.15) is 0 Å². The molecule has 0 unspecified atom stereocenters. The highest BCUT2D eigenvalue weighted by atomic mass is 16.2. The first-order valence-corrected chi connectivity index (χ1v) is 13.1. The Balaban J connectivity index is 1.43. The number of benzene rings is 2. The van der Waals surface area contributed by atoms with Crippen molar-refractivity contribution >= 4 is 33.6 Å². The maximum Gasteiger partial charge on any atom is 0.243 e. The van der Waals surface area contributed by atoms with Gasteiger partial charge in [0.25, 0.3) is 0 Å². The van der Waals surface area contributed by atoms with E-state index in [1.165, 1.54) is 0 Å². The highest BCUT2D eigenvalue weighted by molar-refractivity contribution is 5.98. The minimum Gasteiger partial charge on any atom is -0.357 e. The van der Waals surface area contributed by atoms with Gasteiger partial charge in [-0.15, -0.1) is 13.2 Å². The summed E-state index contributed by atoms with van der Waals surface area (Å²) >= 11 is 0. The summed E-state index contributed by atoms with van der Waals surface area (Å²) < 4.78 is 0. The molecule has 1 aliphatic rings. The summed E-state index contributed by atoms with van der Waals surface area (Å²) in [4.78, 5) is 33.8. The number of nitrogens with one attached hydrogen (secondary N) is 4. The van der Waals surface area contributed by atoms with Crippen molar-refractivity contribution in [3.8, 4) is 0 Å². The number of fused-ring (bicyclic) bond motifs is 2. The fourth-order valence-corrected chi connectivity index (χ4v) is 5.50. The van der Waals surface area contributed by atoms with Crippen molar-refractivity contribution in [1.82, 2.24) is 20.6 Å². The Morgan fingerprint density at radius 1 is 0.684 bits per heavy atom. The number of hydrogen-bond acceptors (Lipinski definition) is 2. The summed E-state index contributed by atoms with van der Waals surface area (Å²) in [7, 11) is 0. The minimum absolute atomic E-state index is 0.174. The van der Waals surface area contributed by atoms with E-state index in [0.29, 0.717) is 12.8 Å². The molecule has 2 aromatic heterocycles. The summed E-state index contributed by atoms with van der Waals surface area (Å²) in [6.07, 6.45) is 4.59. The molecule has 6 heteroatoms. The highest BCUT2D eigenvalue weighted by Crippen LogP contribution is 2.35. The number of aromatic nitrogens is 2. The maximum atomic E-state index is 13.4. The molecule has 0 saturated carbocycles. The molecule has 0 spiro atoms. The third kappa shape index (κ3) is 4.34. The van der Waals surface area contributed by atoms with E-state index in [1.807, 2.05) is 48.6 Å². The number of amides is 2. The number of para-hydroxylation sites is 2. The zero-order valence-corrected chi connectivity index (χ0v) is 22.6. The van der Waals surface area contributed by atoms with Crippen molar-refractivity contribution in [1.29, 1.82) is 0 Å². The van der Waals surface area contributed by atoms with E-state index in [4.69, 9.17) is 0 Å². The van der Waals surface area contributed by atoms with Gasteiger partial charge in [-0.25, -0.2) is 0 Å². The lowest BCUT2D eigenvalue weighted by Crippen LogP contribution is -2.63. The number of aromatic amines is 2. The van der Waals surface area contributed by atoms with Crippen LogP contribution in [0.2, 0.25) is 0 Å². The zero-order chi connectivity index (χ0) is 27.2. The Morgan fingerprint density at radius 2 is 1.05 bits per heavy atom. The molecule has 0 aliphatic carbocycles. The molecular weight excluding hydrogens is 472 g/mol. The predicted molar refractivity (Wildman–Crippen MR) is 154 cm³/mol. The second-order valence-corrected chi connectivity index (χ2v) is 11.4. The van der Waals surface area contributed by atoms with Crippen LogP contribution in [0, 0.1) is 0 Å². The molecule has 1 fully saturated rings. The van der Waals surface area contributed by atoms with Crippen LogP contribution in [0.1, 0.15) is 50.2 Å². The Labute approximate surface area is 223 Å². The SMILES string of the molecule is C=CC(C)(C)c1[nH]c2ccccc2c1C[C@@H]1NC(=O)[C@H](Cc2c(C(C)(C)C=C)[nH]c3ccccc23)NC1=O. The molecule has 5 rings (SSSR count). The van der Waals surface area contributed by atoms with Gasteiger partial charge in [0.05, 0.1) is 0 Å². The lowest BCUT2D eigenvalue weighted by atomic mass is 9.84. The quantitative estimate of drug-likeness (QED) is 0.242. The van der Waals surface area contributed by atoms with Gasteiger partial charge in [0, 0.05) is 56.9 Å². The van der Waals surface area contributed by atoms with E-state index >= 15 is 0 Å². The number of carbonyl (C=O) groups excluding carboxylic acids is 2. The van der Waals surface area contributed by atoms with Crippen LogP contribution in [0.3, 0.4) is 0 Å². The molecule has 2 amide bonds. The number of allylic oxidation sites excluding steroid dienone is 2. The topological polar surface area (TPSA) is 89.8 Å². The minimum atomic E-state index is -0.663. The fraction of sp³-hybridized carbons (Fsp3) is 0.312. The molecule has 6 nitrogen and oxygen atoms in total. The maximum absolute atomic E-state index is 13.4. The third-order valence-electron chi connectivity index (χ3n) is 8.02. The van der Waals surface area contributed by atoms with Gasteiger partial charge >= 0.3 is 0 Å². The largest absolute Gasteiger partial charge is 0.357 e. The standard InChI is InChI=1S/C32H36N4O2/c1-7-31(3,4)27-21(19-13-9-11-15-23(19)33-27)17-25-29(37)36-26(30(38)35-25)18-22-20-14-10-12-16-24(20)34-28(22)32(5,6)8-2/h7-16,25-26,33-34H,1-2,17-18H2,3-6H3,(H,35,38)(H,36,37)/t25-,26-/m0/s1. The lowest BCUT2D eigenvalue weighted by molar-refractivity contribution is -0.136. The van der Waals surface area contributed by atoms with Crippen molar-refractivity contribution in [2.24, 2.45) is 0 Å². The van der Waals surface area contributed by atoms with E-state index in [-0.39, 0.29) is 22.6 Å². The Hall–Kier alpha value is -4.06. The van der Waals surface area contributed by atoms with E-state index in [1.54, 1.807) is 0 Å². The predicted octanol–water partition coefficient (Wildman–Crippen LogP) is 5.34. The van der Waals surface area contributed by atoms with Crippen molar-refractivity contribution in [2.45, 2.75) is 63.5 Å². The molecular formula is C32H36N4O2. The number of piperazine rings is 1. The molecule has 4 N–H and O–H groups in total. The molecule has 1 saturated heterocycles. The monoisotopic (exact) mass is 508 g/mol. The molecule has 3 heterocycles. The molecule has 0 bridgehead atoms. The first kappa shape index (κ1) is 25.6. The van der Waals surface area contributed by atoms with Gasteiger partial charge in [0.2, 0.25) is 11.8 Å².